The smallest absolute Gasteiger partial charge is 0.269 e. The van der Waals surface area contributed by atoms with E-state index in [1.54, 1.807) is 41.2 Å². The van der Waals surface area contributed by atoms with Crippen molar-refractivity contribution in [3.05, 3.63) is 77.0 Å². The minimum absolute atomic E-state index is 0.157. The highest BCUT2D eigenvalue weighted by Gasteiger charge is 2.21. The van der Waals surface area contributed by atoms with Crippen molar-refractivity contribution in [2.45, 2.75) is 6.54 Å². The molecule has 0 fully saturated rings. The van der Waals surface area contributed by atoms with Crippen molar-refractivity contribution in [1.29, 1.82) is 0 Å². The summed E-state index contributed by atoms with van der Waals surface area (Å²) >= 11 is 3.48. The monoisotopic (exact) mass is 518 g/mol. The number of nitrogens with one attached hydrogen (secondary N) is 2. The van der Waals surface area contributed by atoms with Gasteiger partial charge in [-0.1, -0.05) is 34.1 Å². The fourth-order valence-electron chi connectivity index (χ4n) is 3.56. The quantitative estimate of drug-likeness (QED) is 0.403. The van der Waals surface area contributed by atoms with Crippen LogP contribution in [-0.2, 0) is 11.3 Å². The predicted octanol–water partition coefficient (Wildman–Crippen LogP) is 3.53. The summed E-state index contributed by atoms with van der Waals surface area (Å²) in [6.07, 6.45) is 1.63. The number of aromatic nitrogens is 4. The zero-order valence-corrected chi connectivity index (χ0v) is 19.4. The molecule has 10 heteroatoms. The first-order valence-corrected chi connectivity index (χ1v) is 11.3. The standard InChI is InChI=1S/C24H19BrN6O3/c25-15-6-7-21(34-14-22(32)28-16-4-2-1-3-5-16)17(12-15)23-26-9-8-18(29-23)19-13-20-24(33)27-10-11-31(20)30-19/h1-9,12-13H,10-11,14H2,(H,27,33)(H,28,32). The summed E-state index contributed by atoms with van der Waals surface area (Å²) in [7, 11) is 0. The van der Waals surface area contributed by atoms with Gasteiger partial charge in [-0.25, -0.2) is 9.97 Å². The fourth-order valence-corrected chi connectivity index (χ4v) is 3.92. The van der Waals surface area contributed by atoms with E-state index in [4.69, 9.17) is 4.74 Å². The number of rotatable bonds is 6. The van der Waals surface area contributed by atoms with Crippen LogP contribution in [0.3, 0.4) is 0 Å². The van der Waals surface area contributed by atoms with Crippen molar-refractivity contribution in [2.75, 3.05) is 18.5 Å². The van der Waals surface area contributed by atoms with E-state index in [9.17, 15) is 9.59 Å². The molecule has 1 aliphatic heterocycles. The highest BCUT2D eigenvalue weighted by Crippen LogP contribution is 2.32. The van der Waals surface area contributed by atoms with E-state index in [-0.39, 0.29) is 18.4 Å². The highest BCUT2D eigenvalue weighted by atomic mass is 79.9. The lowest BCUT2D eigenvalue weighted by Crippen LogP contribution is -2.35. The molecule has 0 saturated heterocycles. The summed E-state index contributed by atoms with van der Waals surface area (Å²) in [5.74, 6) is 0.437. The Kier molecular flexibility index (Phi) is 6.05. The number of ether oxygens (including phenoxy) is 1. The average molecular weight is 519 g/mol. The topological polar surface area (TPSA) is 111 Å². The Bertz CT molecular complexity index is 1370. The van der Waals surface area contributed by atoms with Crippen LogP contribution in [0.2, 0.25) is 0 Å². The van der Waals surface area contributed by atoms with Gasteiger partial charge in [-0.15, -0.1) is 0 Å². The van der Waals surface area contributed by atoms with Gasteiger partial charge in [-0.05, 0) is 42.5 Å². The van der Waals surface area contributed by atoms with Crippen LogP contribution in [0.1, 0.15) is 10.5 Å². The first kappa shape index (κ1) is 21.8. The number of amides is 2. The van der Waals surface area contributed by atoms with Crippen molar-refractivity contribution in [2.24, 2.45) is 0 Å². The number of hydrogen-bond acceptors (Lipinski definition) is 6. The molecule has 0 spiro atoms. The van der Waals surface area contributed by atoms with E-state index < -0.39 is 0 Å². The van der Waals surface area contributed by atoms with Gasteiger partial charge in [0.15, 0.2) is 12.4 Å². The average Bonchev–Trinajstić information content (AvgIpc) is 3.30. The van der Waals surface area contributed by atoms with Gasteiger partial charge in [0, 0.05) is 22.9 Å². The Morgan fingerprint density at radius 2 is 1.97 bits per heavy atom. The maximum atomic E-state index is 12.3. The van der Waals surface area contributed by atoms with Crippen LogP contribution in [0.4, 0.5) is 5.69 Å². The summed E-state index contributed by atoms with van der Waals surface area (Å²) in [5.41, 5.74) is 2.96. The molecule has 0 unspecified atom stereocenters. The maximum Gasteiger partial charge on any atom is 0.269 e. The van der Waals surface area contributed by atoms with Crippen LogP contribution in [-0.4, -0.2) is 44.7 Å². The SMILES string of the molecule is O=C(COc1ccc(Br)cc1-c1nccc(-c2cc3n(n2)CCNC3=O)n1)Nc1ccccc1. The van der Waals surface area contributed by atoms with Crippen molar-refractivity contribution in [1.82, 2.24) is 25.1 Å². The molecule has 2 aromatic heterocycles. The van der Waals surface area contributed by atoms with Gasteiger partial charge in [0.05, 0.1) is 17.8 Å². The first-order chi connectivity index (χ1) is 16.6. The van der Waals surface area contributed by atoms with Crippen LogP contribution >= 0.6 is 15.9 Å². The number of nitrogens with zero attached hydrogens (tertiary/aromatic N) is 4. The fraction of sp³-hybridized carbons (Fsp3) is 0.125. The third kappa shape index (κ3) is 4.67. The summed E-state index contributed by atoms with van der Waals surface area (Å²) in [5, 5.41) is 10.1. The molecule has 1 aliphatic rings. The van der Waals surface area contributed by atoms with Crippen LogP contribution in [0.25, 0.3) is 22.8 Å². The van der Waals surface area contributed by atoms with Crippen molar-refractivity contribution in [3.63, 3.8) is 0 Å². The molecule has 3 heterocycles. The van der Waals surface area contributed by atoms with Crippen molar-refractivity contribution < 1.29 is 14.3 Å². The van der Waals surface area contributed by atoms with E-state index in [1.165, 1.54) is 0 Å². The number of hydrogen-bond donors (Lipinski definition) is 2. The number of carbonyl (C=O) groups excluding carboxylic acids is 2. The van der Waals surface area contributed by atoms with E-state index >= 15 is 0 Å². The van der Waals surface area contributed by atoms with Gasteiger partial charge < -0.3 is 15.4 Å². The molecule has 5 rings (SSSR count). The molecule has 0 radical (unpaired) electrons. The van der Waals surface area contributed by atoms with Gasteiger partial charge >= 0.3 is 0 Å². The molecule has 2 amide bonds. The van der Waals surface area contributed by atoms with Crippen molar-refractivity contribution in [3.8, 4) is 28.5 Å². The van der Waals surface area contributed by atoms with Crippen LogP contribution in [0, 0.1) is 0 Å². The minimum atomic E-state index is -0.281. The van der Waals surface area contributed by atoms with E-state index in [1.807, 2.05) is 30.3 Å². The number of benzene rings is 2. The predicted molar refractivity (Wildman–Crippen MR) is 129 cm³/mol. The molecule has 170 valence electrons. The third-order valence-electron chi connectivity index (χ3n) is 5.14. The van der Waals surface area contributed by atoms with E-state index in [0.717, 1.165) is 4.47 Å². The Hall–Kier alpha value is -4.05. The Morgan fingerprint density at radius 1 is 1.12 bits per heavy atom. The minimum Gasteiger partial charge on any atom is -0.483 e. The molecule has 9 nitrogen and oxygen atoms in total. The van der Waals surface area contributed by atoms with Gasteiger partial charge in [-0.2, -0.15) is 5.10 Å². The van der Waals surface area contributed by atoms with Crippen molar-refractivity contribution >= 4 is 33.4 Å². The normalized spacial score (nSPS) is 12.6. The second kappa shape index (κ2) is 9.44. The number of para-hydroxylation sites is 1. The van der Waals surface area contributed by atoms with Gasteiger partial charge in [-0.3, -0.25) is 14.3 Å². The molecule has 0 atom stereocenters. The lowest BCUT2D eigenvalue weighted by molar-refractivity contribution is -0.118. The molecule has 2 aromatic carbocycles. The molecule has 0 saturated carbocycles. The van der Waals surface area contributed by atoms with Gasteiger partial charge in [0.2, 0.25) is 0 Å². The summed E-state index contributed by atoms with van der Waals surface area (Å²) in [6.45, 7) is 0.971. The maximum absolute atomic E-state index is 12.3. The Balaban J connectivity index is 1.39. The lowest BCUT2D eigenvalue weighted by atomic mass is 10.1. The summed E-state index contributed by atoms with van der Waals surface area (Å²) in [4.78, 5) is 33.5. The second-order valence-corrected chi connectivity index (χ2v) is 8.42. The lowest BCUT2D eigenvalue weighted by Gasteiger charge is -2.13. The van der Waals surface area contributed by atoms with E-state index in [0.29, 0.717) is 53.0 Å². The van der Waals surface area contributed by atoms with Crippen LogP contribution in [0.5, 0.6) is 5.75 Å². The second-order valence-electron chi connectivity index (χ2n) is 7.50. The number of fused-ring (bicyclic) bond motifs is 1. The third-order valence-corrected chi connectivity index (χ3v) is 5.63. The number of halogens is 1. The molecular formula is C24H19BrN6O3. The number of carbonyl (C=O) groups is 2. The Labute approximate surface area is 203 Å². The van der Waals surface area contributed by atoms with Crippen LogP contribution < -0.4 is 15.4 Å². The highest BCUT2D eigenvalue weighted by molar-refractivity contribution is 9.10. The summed E-state index contributed by atoms with van der Waals surface area (Å²) in [6, 6.07) is 18.0. The first-order valence-electron chi connectivity index (χ1n) is 10.5. The Morgan fingerprint density at radius 3 is 2.79 bits per heavy atom. The molecule has 4 aromatic rings. The molecule has 0 aliphatic carbocycles. The molecule has 34 heavy (non-hydrogen) atoms. The number of anilines is 1. The summed E-state index contributed by atoms with van der Waals surface area (Å²) < 4.78 is 8.31. The molecule has 0 bridgehead atoms. The largest absolute Gasteiger partial charge is 0.483 e. The zero-order valence-electron chi connectivity index (χ0n) is 17.9. The van der Waals surface area contributed by atoms with E-state index in [2.05, 4.69) is 41.6 Å². The van der Waals surface area contributed by atoms with Gasteiger partial charge in [0.25, 0.3) is 11.8 Å². The van der Waals surface area contributed by atoms with Crippen LogP contribution in [0.15, 0.2) is 71.3 Å². The molecule has 2 N–H and O–H groups in total. The molecular weight excluding hydrogens is 500 g/mol. The zero-order chi connectivity index (χ0) is 23.5. The van der Waals surface area contributed by atoms with Gasteiger partial charge in [0.1, 0.15) is 17.1 Å².